The molecule has 4 bridgehead atoms. The van der Waals surface area contributed by atoms with Crippen LogP contribution < -0.4 is 0 Å². The lowest BCUT2D eigenvalue weighted by Gasteiger charge is -2.64. The summed E-state index contributed by atoms with van der Waals surface area (Å²) >= 11 is 0. The van der Waals surface area contributed by atoms with E-state index >= 15 is 0 Å². The standard InChI is InChI=1S/C16H20O4/c1-3-19-12(17)9-14-8-11-15(10(14)2)6-4-5-7-16(14,15)13(18)20-11/h11H,2-9H2,1H3/t11-,14+,15+,16+/m0/s1. The lowest BCUT2D eigenvalue weighted by Crippen LogP contribution is -2.65. The molecule has 5 fully saturated rings. The van der Waals surface area contributed by atoms with Crippen LogP contribution in [0, 0.1) is 16.2 Å². The molecule has 1 spiro atoms. The SMILES string of the molecule is C=C1[C@]2(CC(=O)OCC)C[C@@H]3OC(=O)[C@]24CCCC[C@@]134. The second-order valence-electron chi connectivity index (χ2n) is 6.72. The molecule has 4 saturated carbocycles. The third-order valence-corrected chi connectivity index (χ3v) is 6.50. The Kier molecular flexibility index (Phi) is 2.15. The highest BCUT2D eigenvalue weighted by Crippen LogP contribution is 2.89. The average Bonchev–Trinajstić information content (AvgIpc) is 2.90. The highest BCUT2D eigenvalue weighted by atomic mass is 16.6. The maximum atomic E-state index is 12.5. The van der Waals surface area contributed by atoms with Crippen LogP contribution in [-0.2, 0) is 19.1 Å². The number of hydrogen-bond donors (Lipinski definition) is 0. The molecule has 1 heterocycles. The molecule has 20 heavy (non-hydrogen) atoms. The summed E-state index contributed by atoms with van der Waals surface area (Å²) in [6, 6.07) is 0. The Morgan fingerprint density at radius 2 is 2.20 bits per heavy atom. The molecule has 4 nitrogen and oxygen atoms in total. The van der Waals surface area contributed by atoms with E-state index in [4.69, 9.17) is 9.47 Å². The van der Waals surface area contributed by atoms with Crippen molar-refractivity contribution in [1.29, 1.82) is 0 Å². The number of carbonyl (C=O) groups is 2. The van der Waals surface area contributed by atoms with Crippen molar-refractivity contribution in [3.63, 3.8) is 0 Å². The molecule has 0 unspecified atom stereocenters. The Balaban J connectivity index is 1.77. The van der Waals surface area contributed by atoms with Gasteiger partial charge in [-0.1, -0.05) is 25.0 Å². The van der Waals surface area contributed by atoms with Crippen LogP contribution in [0.1, 0.15) is 45.4 Å². The summed E-state index contributed by atoms with van der Waals surface area (Å²) in [7, 11) is 0. The lowest BCUT2D eigenvalue weighted by atomic mass is 9.35. The average molecular weight is 276 g/mol. The second-order valence-corrected chi connectivity index (χ2v) is 6.72. The van der Waals surface area contributed by atoms with Crippen LogP contribution in [0.4, 0.5) is 0 Å². The van der Waals surface area contributed by atoms with E-state index in [-0.39, 0.29) is 28.9 Å². The van der Waals surface area contributed by atoms with Crippen molar-refractivity contribution in [2.45, 2.75) is 51.6 Å². The van der Waals surface area contributed by atoms with Gasteiger partial charge in [0.2, 0.25) is 0 Å². The maximum absolute atomic E-state index is 12.5. The summed E-state index contributed by atoms with van der Waals surface area (Å²) in [4.78, 5) is 24.5. The van der Waals surface area contributed by atoms with Gasteiger partial charge in [-0.3, -0.25) is 9.59 Å². The summed E-state index contributed by atoms with van der Waals surface area (Å²) in [5.74, 6) is -0.285. The zero-order valence-corrected chi connectivity index (χ0v) is 11.9. The maximum Gasteiger partial charge on any atom is 0.314 e. The van der Waals surface area contributed by atoms with Gasteiger partial charge in [-0.2, -0.15) is 0 Å². The normalized spacial score (nSPS) is 47.5. The summed E-state index contributed by atoms with van der Waals surface area (Å²) < 4.78 is 10.8. The fourth-order valence-corrected chi connectivity index (χ4v) is 5.99. The highest BCUT2D eigenvalue weighted by Gasteiger charge is 2.91. The molecule has 4 aliphatic carbocycles. The van der Waals surface area contributed by atoms with Crippen molar-refractivity contribution < 1.29 is 19.1 Å². The van der Waals surface area contributed by atoms with Crippen molar-refractivity contribution in [3.8, 4) is 0 Å². The first-order valence-electron chi connectivity index (χ1n) is 7.62. The van der Waals surface area contributed by atoms with Gasteiger partial charge in [-0.05, 0) is 26.2 Å². The van der Waals surface area contributed by atoms with Gasteiger partial charge in [-0.25, -0.2) is 0 Å². The molecule has 0 aromatic carbocycles. The Morgan fingerprint density at radius 3 is 2.95 bits per heavy atom. The molecular weight excluding hydrogens is 256 g/mol. The van der Waals surface area contributed by atoms with Crippen LogP contribution in [0.25, 0.3) is 0 Å². The number of rotatable bonds is 3. The van der Waals surface area contributed by atoms with E-state index in [1.165, 1.54) is 0 Å². The summed E-state index contributed by atoms with van der Waals surface area (Å²) in [5.41, 5.74) is 0.0926. The van der Waals surface area contributed by atoms with E-state index in [1.807, 2.05) is 6.92 Å². The molecule has 0 amide bonds. The summed E-state index contributed by atoms with van der Waals surface area (Å²) in [5, 5.41) is 0. The molecule has 1 aliphatic heterocycles. The van der Waals surface area contributed by atoms with E-state index < -0.39 is 5.41 Å². The zero-order valence-electron chi connectivity index (χ0n) is 11.9. The predicted molar refractivity (Wildman–Crippen MR) is 70.7 cm³/mol. The Labute approximate surface area is 118 Å². The zero-order chi connectivity index (χ0) is 14.2. The first-order valence-corrected chi connectivity index (χ1v) is 7.62. The molecule has 5 aliphatic rings. The molecule has 0 aromatic rings. The molecule has 4 heteroatoms. The van der Waals surface area contributed by atoms with Crippen LogP contribution in [-0.4, -0.2) is 24.6 Å². The van der Waals surface area contributed by atoms with Crippen LogP contribution in [0.2, 0.25) is 0 Å². The first kappa shape index (κ1) is 12.4. The van der Waals surface area contributed by atoms with Crippen LogP contribution in [0.15, 0.2) is 12.2 Å². The fourth-order valence-electron chi connectivity index (χ4n) is 5.99. The molecule has 0 N–H and O–H groups in total. The Morgan fingerprint density at radius 1 is 1.45 bits per heavy atom. The van der Waals surface area contributed by atoms with Crippen molar-refractivity contribution in [2.24, 2.45) is 16.2 Å². The Hall–Kier alpha value is -1.32. The lowest BCUT2D eigenvalue weighted by molar-refractivity contribution is -0.178. The minimum absolute atomic E-state index is 0.0442. The third-order valence-electron chi connectivity index (χ3n) is 6.50. The van der Waals surface area contributed by atoms with E-state index in [0.29, 0.717) is 13.0 Å². The minimum Gasteiger partial charge on any atom is -0.466 e. The molecule has 0 radical (unpaired) electrons. The molecule has 5 rings (SSSR count). The molecule has 1 saturated heterocycles. The van der Waals surface area contributed by atoms with Gasteiger partial charge in [0.15, 0.2) is 0 Å². The van der Waals surface area contributed by atoms with Crippen LogP contribution in [0.5, 0.6) is 0 Å². The first-order chi connectivity index (χ1) is 9.55. The molecule has 0 aromatic heterocycles. The quantitative estimate of drug-likeness (QED) is 0.586. The molecule has 4 atom stereocenters. The third kappa shape index (κ3) is 0.922. The number of carbonyl (C=O) groups excluding carboxylic acids is 2. The van der Waals surface area contributed by atoms with Gasteiger partial charge in [0.05, 0.1) is 18.4 Å². The molecule has 108 valence electrons. The van der Waals surface area contributed by atoms with Gasteiger partial charge in [0.1, 0.15) is 6.10 Å². The van der Waals surface area contributed by atoms with E-state index in [1.54, 1.807) is 0 Å². The highest BCUT2D eigenvalue weighted by molar-refractivity contribution is 5.91. The van der Waals surface area contributed by atoms with Gasteiger partial charge in [0, 0.05) is 10.8 Å². The van der Waals surface area contributed by atoms with Gasteiger partial charge < -0.3 is 9.47 Å². The minimum atomic E-state index is -0.466. The number of ether oxygens (including phenoxy) is 2. The predicted octanol–water partition coefficient (Wildman–Crippen LogP) is 2.37. The van der Waals surface area contributed by atoms with Gasteiger partial charge in [0.25, 0.3) is 0 Å². The molecular formula is C16H20O4. The van der Waals surface area contributed by atoms with Crippen molar-refractivity contribution >= 4 is 11.9 Å². The van der Waals surface area contributed by atoms with E-state index in [0.717, 1.165) is 37.7 Å². The van der Waals surface area contributed by atoms with Crippen LogP contribution >= 0.6 is 0 Å². The monoisotopic (exact) mass is 276 g/mol. The second kappa shape index (κ2) is 3.46. The Bertz CT molecular complexity index is 539. The van der Waals surface area contributed by atoms with Gasteiger partial charge >= 0.3 is 11.9 Å². The van der Waals surface area contributed by atoms with Crippen molar-refractivity contribution in [1.82, 2.24) is 0 Å². The van der Waals surface area contributed by atoms with Crippen LogP contribution in [0.3, 0.4) is 0 Å². The van der Waals surface area contributed by atoms with Crippen molar-refractivity contribution in [2.75, 3.05) is 6.61 Å². The van der Waals surface area contributed by atoms with Gasteiger partial charge in [-0.15, -0.1) is 0 Å². The largest absolute Gasteiger partial charge is 0.466 e. The fraction of sp³-hybridized carbons (Fsp3) is 0.750. The smallest absolute Gasteiger partial charge is 0.314 e. The van der Waals surface area contributed by atoms with E-state index in [2.05, 4.69) is 6.58 Å². The summed E-state index contributed by atoms with van der Waals surface area (Å²) in [6.45, 7) is 6.47. The van der Waals surface area contributed by atoms with Crippen molar-refractivity contribution in [3.05, 3.63) is 12.2 Å². The van der Waals surface area contributed by atoms with E-state index in [9.17, 15) is 9.59 Å². The number of esters is 2. The number of hydrogen-bond acceptors (Lipinski definition) is 4. The summed E-state index contributed by atoms with van der Waals surface area (Å²) in [6.07, 6.45) is 5.04. The topological polar surface area (TPSA) is 52.6 Å².